The number of anilines is 2. The van der Waals surface area contributed by atoms with Crippen LogP contribution < -0.4 is 16.4 Å². The van der Waals surface area contributed by atoms with Gasteiger partial charge in [-0.1, -0.05) is 11.3 Å². The fraction of sp³-hybridized carbons (Fsp3) is 0.667. The highest BCUT2D eigenvalue weighted by molar-refractivity contribution is 7.99. The third-order valence-electron chi connectivity index (χ3n) is 3.56. The molecule has 1 saturated carbocycles. The normalized spacial score (nSPS) is 23.1. The van der Waals surface area contributed by atoms with E-state index in [0.29, 0.717) is 16.7 Å². The first kappa shape index (κ1) is 13.1. The fourth-order valence-electron chi connectivity index (χ4n) is 2.18. The number of nitrogen functional groups attached to an aromatic ring is 1. The third-order valence-corrected chi connectivity index (χ3v) is 5.72. The lowest BCUT2D eigenvalue weighted by Crippen LogP contribution is -2.34. The van der Waals surface area contributed by atoms with Gasteiger partial charge in [-0.05, 0) is 31.4 Å². The van der Waals surface area contributed by atoms with E-state index in [1.54, 1.807) is 0 Å². The maximum absolute atomic E-state index is 12.1. The number of thiazole rings is 1. The molecule has 1 atom stereocenters. The van der Waals surface area contributed by atoms with Crippen LogP contribution in [0.4, 0.5) is 10.9 Å². The van der Waals surface area contributed by atoms with E-state index in [-0.39, 0.29) is 11.9 Å². The van der Waals surface area contributed by atoms with Crippen molar-refractivity contribution in [2.24, 2.45) is 0 Å². The Morgan fingerprint density at radius 1 is 1.32 bits per heavy atom. The van der Waals surface area contributed by atoms with E-state index in [1.165, 1.54) is 30.6 Å². The molecule has 7 heteroatoms. The number of nitrogens with one attached hydrogen (secondary N) is 2. The number of carbonyl (C=O) groups is 1. The van der Waals surface area contributed by atoms with Crippen LogP contribution in [0.15, 0.2) is 0 Å². The molecule has 3 rings (SSSR count). The van der Waals surface area contributed by atoms with Gasteiger partial charge in [-0.2, -0.15) is 11.8 Å². The first-order valence-electron chi connectivity index (χ1n) is 6.64. The second-order valence-electron chi connectivity index (χ2n) is 5.04. The molecule has 1 aromatic rings. The molecular weight excluding hydrogens is 280 g/mol. The number of nitrogens with two attached hydrogens (primary N) is 1. The van der Waals surface area contributed by atoms with Gasteiger partial charge in [-0.25, -0.2) is 4.98 Å². The van der Waals surface area contributed by atoms with Gasteiger partial charge < -0.3 is 16.4 Å². The van der Waals surface area contributed by atoms with Crippen LogP contribution in [-0.2, 0) is 0 Å². The van der Waals surface area contributed by atoms with Crippen LogP contribution >= 0.6 is 23.1 Å². The van der Waals surface area contributed by atoms with Crippen molar-refractivity contribution < 1.29 is 4.79 Å². The molecule has 4 N–H and O–H groups in total. The van der Waals surface area contributed by atoms with E-state index in [0.717, 1.165) is 23.1 Å². The van der Waals surface area contributed by atoms with Crippen molar-refractivity contribution >= 4 is 40.0 Å². The van der Waals surface area contributed by atoms with Crippen molar-refractivity contribution in [3.05, 3.63) is 4.88 Å². The monoisotopic (exact) mass is 298 g/mol. The molecule has 2 aliphatic rings. The van der Waals surface area contributed by atoms with Gasteiger partial charge in [0.05, 0.1) is 0 Å². The Labute approximate surface area is 120 Å². The summed E-state index contributed by atoms with van der Waals surface area (Å²) in [6.07, 6.45) is 4.67. The van der Waals surface area contributed by atoms with Gasteiger partial charge in [0.25, 0.3) is 5.91 Å². The molecule has 1 aromatic heterocycles. The lowest BCUT2D eigenvalue weighted by Gasteiger charge is -2.25. The predicted octanol–water partition coefficient (Wildman–Crippen LogP) is 1.93. The Balaban J connectivity index is 1.63. The molecule has 2 heterocycles. The second-order valence-corrected chi connectivity index (χ2v) is 7.19. The van der Waals surface area contributed by atoms with Gasteiger partial charge in [0.15, 0.2) is 5.13 Å². The molecule has 104 valence electrons. The maximum atomic E-state index is 12.1. The average Bonchev–Trinajstić information content (AvgIpc) is 2.93. The molecule has 0 aromatic carbocycles. The van der Waals surface area contributed by atoms with E-state index in [1.807, 2.05) is 11.8 Å². The average molecular weight is 298 g/mol. The third kappa shape index (κ3) is 2.97. The van der Waals surface area contributed by atoms with E-state index in [9.17, 15) is 4.79 Å². The molecule has 19 heavy (non-hydrogen) atoms. The number of nitrogens with zero attached hydrogens (tertiary/aromatic N) is 1. The molecule has 0 spiro atoms. The van der Waals surface area contributed by atoms with Crippen LogP contribution in [0.2, 0.25) is 0 Å². The van der Waals surface area contributed by atoms with Crippen LogP contribution in [0.25, 0.3) is 0 Å². The lowest BCUT2D eigenvalue weighted by atomic mass is 9.93. The highest BCUT2D eigenvalue weighted by Gasteiger charge is 2.24. The lowest BCUT2D eigenvalue weighted by molar-refractivity contribution is 0.0946. The highest BCUT2D eigenvalue weighted by Crippen LogP contribution is 2.29. The van der Waals surface area contributed by atoms with Crippen molar-refractivity contribution in [3.8, 4) is 0 Å². The van der Waals surface area contributed by atoms with Crippen LogP contribution in [0, 0.1) is 0 Å². The number of amides is 1. The van der Waals surface area contributed by atoms with Crippen LogP contribution in [0.1, 0.15) is 35.4 Å². The van der Waals surface area contributed by atoms with E-state index in [2.05, 4.69) is 15.6 Å². The summed E-state index contributed by atoms with van der Waals surface area (Å²) in [6.45, 7) is 0. The smallest absolute Gasteiger partial charge is 0.265 e. The number of aromatic nitrogens is 1. The Hall–Kier alpha value is -0.950. The minimum atomic E-state index is -0.0795. The maximum Gasteiger partial charge on any atom is 0.265 e. The zero-order valence-corrected chi connectivity index (χ0v) is 12.3. The SMILES string of the molecule is Nc1nc(NC2CCC2)sc1C(=O)NC1CCSC1. The van der Waals surface area contributed by atoms with Gasteiger partial charge in [0, 0.05) is 17.8 Å². The zero-order chi connectivity index (χ0) is 13.2. The molecule has 1 aliphatic carbocycles. The van der Waals surface area contributed by atoms with Crippen molar-refractivity contribution in [2.45, 2.75) is 37.8 Å². The van der Waals surface area contributed by atoms with Gasteiger partial charge in [-0.15, -0.1) is 0 Å². The fourth-order valence-corrected chi connectivity index (χ4v) is 4.20. The van der Waals surface area contributed by atoms with Gasteiger partial charge in [0.2, 0.25) is 0 Å². The Bertz CT molecular complexity index is 466. The summed E-state index contributed by atoms with van der Waals surface area (Å²) in [5.74, 6) is 2.38. The number of thioether (sulfide) groups is 1. The summed E-state index contributed by atoms with van der Waals surface area (Å²) < 4.78 is 0. The van der Waals surface area contributed by atoms with Gasteiger partial charge >= 0.3 is 0 Å². The quantitative estimate of drug-likeness (QED) is 0.791. The van der Waals surface area contributed by atoms with Crippen LogP contribution in [0.3, 0.4) is 0 Å². The first-order valence-corrected chi connectivity index (χ1v) is 8.61. The summed E-state index contributed by atoms with van der Waals surface area (Å²) in [5, 5.41) is 7.14. The highest BCUT2D eigenvalue weighted by atomic mass is 32.2. The minimum absolute atomic E-state index is 0.0795. The summed E-state index contributed by atoms with van der Waals surface area (Å²) in [4.78, 5) is 16.9. The van der Waals surface area contributed by atoms with Crippen LogP contribution in [-0.4, -0.2) is 34.5 Å². The second kappa shape index (κ2) is 5.58. The van der Waals surface area contributed by atoms with Crippen molar-refractivity contribution in [1.29, 1.82) is 0 Å². The molecule has 1 amide bonds. The largest absolute Gasteiger partial charge is 0.382 e. The molecule has 2 fully saturated rings. The number of carbonyl (C=O) groups excluding carboxylic acids is 1. The molecular formula is C12H18N4OS2. The molecule has 5 nitrogen and oxygen atoms in total. The summed E-state index contributed by atoms with van der Waals surface area (Å²) in [6, 6.07) is 0.787. The number of rotatable bonds is 4. The molecule has 1 aliphatic heterocycles. The van der Waals surface area contributed by atoms with Crippen molar-refractivity contribution in [2.75, 3.05) is 22.6 Å². The van der Waals surface area contributed by atoms with E-state index >= 15 is 0 Å². The minimum Gasteiger partial charge on any atom is -0.382 e. The Morgan fingerprint density at radius 3 is 2.79 bits per heavy atom. The number of hydrogen-bond acceptors (Lipinski definition) is 6. The molecule has 1 unspecified atom stereocenters. The molecule has 0 bridgehead atoms. The van der Waals surface area contributed by atoms with Crippen molar-refractivity contribution in [1.82, 2.24) is 10.3 Å². The Kier molecular flexibility index (Phi) is 3.83. The van der Waals surface area contributed by atoms with Gasteiger partial charge in [0.1, 0.15) is 10.7 Å². The zero-order valence-electron chi connectivity index (χ0n) is 10.6. The summed E-state index contributed by atoms with van der Waals surface area (Å²) >= 11 is 3.24. The molecule has 0 radical (unpaired) electrons. The van der Waals surface area contributed by atoms with Crippen molar-refractivity contribution in [3.63, 3.8) is 0 Å². The standard InChI is InChI=1S/C12H18N4OS2/c13-10-9(11(17)14-8-4-5-18-6-8)19-12(16-10)15-7-2-1-3-7/h7-8H,1-6,13H2,(H,14,17)(H,15,16). The predicted molar refractivity (Wildman–Crippen MR) is 81.0 cm³/mol. The molecule has 1 saturated heterocycles. The summed E-state index contributed by atoms with van der Waals surface area (Å²) in [7, 11) is 0. The topological polar surface area (TPSA) is 80.0 Å². The van der Waals surface area contributed by atoms with Crippen LogP contribution in [0.5, 0.6) is 0 Å². The summed E-state index contributed by atoms with van der Waals surface area (Å²) in [5.41, 5.74) is 5.84. The number of hydrogen-bond donors (Lipinski definition) is 3. The first-order chi connectivity index (χ1) is 9.22. The van der Waals surface area contributed by atoms with E-state index < -0.39 is 0 Å². The Morgan fingerprint density at radius 2 is 2.16 bits per heavy atom. The van der Waals surface area contributed by atoms with Gasteiger partial charge in [-0.3, -0.25) is 4.79 Å². The van der Waals surface area contributed by atoms with E-state index in [4.69, 9.17) is 5.73 Å².